The van der Waals surface area contributed by atoms with Crippen LogP contribution in [0.3, 0.4) is 0 Å². The SMILES string of the molecule is CCC(OC1CCC(N)C1)C(N)=O. The Kier molecular flexibility index (Phi) is 3.69. The third-order valence-electron chi connectivity index (χ3n) is 2.47. The van der Waals surface area contributed by atoms with Gasteiger partial charge in [0, 0.05) is 6.04 Å². The Bertz CT molecular complexity index is 184. The van der Waals surface area contributed by atoms with Gasteiger partial charge in [0.25, 0.3) is 0 Å². The lowest BCUT2D eigenvalue weighted by molar-refractivity contribution is -0.133. The number of hydrogen-bond donors (Lipinski definition) is 2. The first-order valence-electron chi connectivity index (χ1n) is 4.83. The van der Waals surface area contributed by atoms with Crippen molar-refractivity contribution in [2.75, 3.05) is 0 Å². The number of primary amides is 1. The van der Waals surface area contributed by atoms with E-state index in [1.165, 1.54) is 0 Å². The molecule has 1 aliphatic carbocycles. The first-order valence-corrected chi connectivity index (χ1v) is 4.83. The molecule has 0 aromatic carbocycles. The maximum absolute atomic E-state index is 10.9. The molecule has 13 heavy (non-hydrogen) atoms. The van der Waals surface area contributed by atoms with E-state index in [1.807, 2.05) is 6.92 Å². The van der Waals surface area contributed by atoms with Gasteiger partial charge in [-0.25, -0.2) is 0 Å². The summed E-state index contributed by atoms with van der Waals surface area (Å²) >= 11 is 0. The van der Waals surface area contributed by atoms with Gasteiger partial charge in [0.05, 0.1) is 6.10 Å². The summed E-state index contributed by atoms with van der Waals surface area (Å²) in [5, 5.41) is 0. The van der Waals surface area contributed by atoms with Gasteiger partial charge in [-0.05, 0) is 25.7 Å². The summed E-state index contributed by atoms with van der Waals surface area (Å²) in [6.45, 7) is 1.89. The van der Waals surface area contributed by atoms with E-state index in [9.17, 15) is 4.79 Å². The van der Waals surface area contributed by atoms with E-state index in [0.717, 1.165) is 19.3 Å². The minimum absolute atomic E-state index is 0.132. The fourth-order valence-corrected chi connectivity index (χ4v) is 1.69. The van der Waals surface area contributed by atoms with Crippen LogP contribution in [0.5, 0.6) is 0 Å². The minimum Gasteiger partial charge on any atom is -0.367 e. The van der Waals surface area contributed by atoms with Crippen LogP contribution in [-0.4, -0.2) is 24.2 Å². The first kappa shape index (κ1) is 10.5. The smallest absolute Gasteiger partial charge is 0.246 e. The Balaban J connectivity index is 2.34. The molecule has 0 spiro atoms. The number of hydrogen-bond acceptors (Lipinski definition) is 3. The molecule has 0 heterocycles. The molecule has 1 fully saturated rings. The second-order valence-electron chi connectivity index (χ2n) is 3.63. The molecule has 0 bridgehead atoms. The van der Waals surface area contributed by atoms with Crippen molar-refractivity contribution >= 4 is 5.91 Å². The van der Waals surface area contributed by atoms with Gasteiger partial charge in [-0.1, -0.05) is 6.92 Å². The van der Waals surface area contributed by atoms with E-state index in [0.29, 0.717) is 6.42 Å². The van der Waals surface area contributed by atoms with Crippen LogP contribution >= 0.6 is 0 Å². The molecular weight excluding hydrogens is 168 g/mol. The second kappa shape index (κ2) is 4.58. The van der Waals surface area contributed by atoms with E-state index < -0.39 is 6.10 Å². The Morgan fingerprint density at radius 2 is 2.31 bits per heavy atom. The number of carbonyl (C=O) groups excluding carboxylic acids is 1. The molecule has 0 saturated heterocycles. The summed E-state index contributed by atoms with van der Waals surface area (Å²) in [5.41, 5.74) is 10.9. The molecule has 0 aromatic rings. The van der Waals surface area contributed by atoms with Crippen LogP contribution in [0.1, 0.15) is 32.6 Å². The molecule has 1 aliphatic rings. The molecule has 76 valence electrons. The fraction of sp³-hybridized carbons (Fsp3) is 0.889. The highest BCUT2D eigenvalue weighted by Crippen LogP contribution is 2.22. The minimum atomic E-state index is -0.435. The van der Waals surface area contributed by atoms with Crippen LogP contribution < -0.4 is 11.5 Å². The van der Waals surface area contributed by atoms with Crippen LogP contribution in [0, 0.1) is 0 Å². The zero-order chi connectivity index (χ0) is 9.84. The zero-order valence-electron chi connectivity index (χ0n) is 8.03. The highest BCUT2D eigenvalue weighted by Gasteiger charge is 2.26. The molecule has 1 rings (SSSR count). The number of nitrogens with two attached hydrogens (primary N) is 2. The molecule has 0 radical (unpaired) electrons. The average molecular weight is 186 g/mol. The topological polar surface area (TPSA) is 78.3 Å². The Hall–Kier alpha value is -0.610. The Morgan fingerprint density at radius 3 is 2.69 bits per heavy atom. The zero-order valence-corrected chi connectivity index (χ0v) is 8.03. The Labute approximate surface area is 78.6 Å². The molecule has 3 unspecified atom stereocenters. The van der Waals surface area contributed by atoms with Gasteiger partial charge in [0.2, 0.25) is 5.91 Å². The van der Waals surface area contributed by atoms with Crippen molar-refractivity contribution in [3.05, 3.63) is 0 Å². The maximum atomic E-state index is 10.9. The van der Waals surface area contributed by atoms with E-state index in [-0.39, 0.29) is 18.1 Å². The van der Waals surface area contributed by atoms with E-state index >= 15 is 0 Å². The number of ether oxygens (including phenoxy) is 1. The van der Waals surface area contributed by atoms with Gasteiger partial charge in [-0.2, -0.15) is 0 Å². The molecule has 4 nitrogen and oxygen atoms in total. The molecule has 0 aromatic heterocycles. The van der Waals surface area contributed by atoms with Crippen molar-refractivity contribution < 1.29 is 9.53 Å². The van der Waals surface area contributed by atoms with Crippen LogP contribution in [0.4, 0.5) is 0 Å². The lowest BCUT2D eigenvalue weighted by Crippen LogP contribution is -2.33. The highest BCUT2D eigenvalue weighted by molar-refractivity contribution is 5.78. The van der Waals surface area contributed by atoms with Crippen LogP contribution in [0.15, 0.2) is 0 Å². The summed E-state index contributed by atoms with van der Waals surface area (Å²) in [5.74, 6) is -0.372. The lowest BCUT2D eigenvalue weighted by atomic mass is 10.2. The summed E-state index contributed by atoms with van der Waals surface area (Å²) in [7, 11) is 0. The van der Waals surface area contributed by atoms with Crippen molar-refractivity contribution in [2.24, 2.45) is 11.5 Å². The third-order valence-corrected chi connectivity index (χ3v) is 2.47. The monoisotopic (exact) mass is 186 g/mol. The van der Waals surface area contributed by atoms with Crippen LogP contribution in [0.2, 0.25) is 0 Å². The van der Waals surface area contributed by atoms with E-state index in [4.69, 9.17) is 16.2 Å². The van der Waals surface area contributed by atoms with Crippen molar-refractivity contribution in [3.63, 3.8) is 0 Å². The number of amides is 1. The Morgan fingerprint density at radius 1 is 1.62 bits per heavy atom. The molecule has 0 aliphatic heterocycles. The van der Waals surface area contributed by atoms with Crippen LogP contribution in [0.25, 0.3) is 0 Å². The molecule has 4 N–H and O–H groups in total. The average Bonchev–Trinajstić information content (AvgIpc) is 2.46. The maximum Gasteiger partial charge on any atom is 0.246 e. The normalized spacial score (nSPS) is 30.3. The second-order valence-corrected chi connectivity index (χ2v) is 3.63. The molecule has 3 atom stereocenters. The largest absolute Gasteiger partial charge is 0.367 e. The van der Waals surface area contributed by atoms with Gasteiger partial charge in [0.1, 0.15) is 6.10 Å². The molecule has 1 amide bonds. The molecular formula is C9H18N2O2. The van der Waals surface area contributed by atoms with Gasteiger partial charge in [0.15, 0.2) is 0 Å². The van der Waals surface area contributed by atoms with Crippen molar-refractivity contribution in [3.8, 4) is 0 Å². The standard InChI is InChI=1S/C9H18N2O2/c1-2-8(9(11)12)13-7-4-3-6(10)5-7/h6-8H,2-5,10H2,1H3,(H2,11,12). The van der Waals surface area contributed by atoms with Gasteiger partial charge in [-0.3, -0.25) is 4.79 Å². The predicted octanol–water partition coefficient (Wildman–Crippen LogP) is 0.147. The van der Waals surface area contributed by atoms with Gasteiger partial charge < -0.3 is 16.2 Å². The predicted molar refractivity (Wildman–Crippen MR) is 50.0 cm³/mol. The number of rotatable bonds is 4. The van der Waals surface area contributed by atoms with Crippen LogP contribution in [-0.2, 0) is 9.53 Å². The quantitative estimate of drug-likeness (QED) is 0.655. The van der Waals surface area contributed by atoms with E-state index in [1.54, 1.807) is 0 Å². The van der Waals surface area contributed by atoms with Crippen molar-refractivity contribution in [1.82, 2.24) is 0 Å². The lowest BCUT2D eigenvalue weighted by Gasteiger charge is -2.17. The summed E-state index contributed by atoms with van der Waals surface area (Å²) in [4.78, 5) is 10.9. The fourth-order valence-electron chi connectivity index (χ4n) is 1.69. The summed E-state index contributed by atoms with van der Waals surface area (Å²) < 4.78 is 5.54. The van der Waals surface area contributed by atoms with Crippen molar-refractivity contribution in [2.45, 2.75) is 50.9 Å². The van der Waals surface area contributed by atoms with E-state index in [2.05, 4.69) is 0 Å². The van der Waals surface area contributed by atoms with Gasteiger partial charge in [-0.15, -0.1) is 0 Å². The van der Waals surface area contributed by atoms with Gasteiger partial charge >= 0.3 is 0 Å². The summed E-state index contributed by atoms with van der Waals surface area (Å²) in [6, 6.07) is 0.232. The molecule has 4 heteroatoms. The third kappa shape index (κ3) is 2.97. The van der Waals surface area contributed by atoms with Crippen molar-refractivity contribution in [1.29, 1.82) is 0 Å². The number of carbonyl (C=O) groups is 1. The summed E-state index contributed by atoms with van der Waals surface area (Å²) in [6.07, 6.45) is 3.12. The highest BCUT2D eigenvalue weighted by atomic mass is 16.5. The molecule has 1 saturated carbocycles. The first-order chi connectivity index (χ1) is 6.13.